The summed E-state index contributed by atoms with van der Waals surface area (Å²) in [5, 5.41) is 5.78. The fraction of sp³-hybridized carbons (Fsp3) is 0.0556. The summed E-state index contributed by atoms with van der Waals surface area (Å²) in [4.78, 5) is 24.5. The molecule has 0 bridgehead atoms. The fourth-order valence-corrected chi connectivity index (χ4v) is 3.34. The fourth-order valence-electron chi connectivity index (χ4n) is 2.63. The molecule has 7 heteroatoms. The van der Waals surface area contributed by atoms with Crippen molar-refractivity contribution >= 4 is 33.3 Å². The molecule has 0 saturated carbocycles. The van der Waals surface area contributed by atoms with E-state index in [1.807, 2.05) is 23.7 Å². The van der Waals surface area contributed by atoms with E-state index in [-0.39, 0.29) is 11.7 Å². The zero-order chi connectivity index (χ0) is 17.4. The van der Waals surface area contributed by atoms with Crippen molar-refractivity contribution in [2.24, 2.45) is 0 Å². The molecule has 25 heavy (non-hydrogen) atoms. The Hall–Kier alpha value is -3.06. The number of aromatic amines is 1. The molecule has 4 rings (SSSR count). The molecule has 4 aromatic rings. The van der Waals surface area contributed by atoms with Gasteiger partial charge in [-0.15, -0.1) is 11.3 Å². The molecule has 0 saturated heterocycles. The van der Waals surface area contributed by atoms with Gasteiger partial charge in [0.1, 0.15) is 5.82 Å². The molecule has 2 N–H and O–H groups in total. The van der Waals surface area contributed by atoms with Crippen LogP contribution in [-0.4, -0.2) is 20.9 Å². The van der Waals surface area contributed by atoms with Crippen LogP contribution in [0.15, 0.2) is 48.0 Å². The van der Waals surface area contributed by atoms with E-state index >= 15 is 0 Å². The minimum absolute atomic E-state index is 0.297. The second-order valence-electron chi connectivity index (χ2n) is 5.55. The van der Waals surface area contributed by atoms with Gasteiger partial charge in [0.25, 0.3) is 5.91 Å². The standard InChI is InChI=1S/C18H13FN4OS/c1-10-7-13(12-5-4-11(19)8-15(12)21-10)17(24)23-18-22-16(9-25-18)14-3-2-6-20-14/h2-9,20H,1H3,(H,22,23,24). The second-order valence-corrected chi connectivity index (χ2v) is 6.41. The van der Waals surface area contributed by atoms with E-state index < -0.39 is 0 Å². The Morgan fingerprint density at radius 3 is 2.92 bits per heavy atom. The molecule has 3 heterocycles. The van der Waals surface area contributed by atoms with Gasteiger partial charge in [0, 0.05) is 28.7 Å². The maximum atomic E-state index is 13.4. The van der Waals surface area contributed by atoms with Crippen LogP contribution >= 0.6 is 11.3 Å². The van der Waals surface area contributed by atoms with Crippen LogP contribution in [-0.2, 0) is 0 Å². The number of hydrogen-bond acceptors (Lipinski definition) is 4. The molecule has 0 spiro atoms. The van der Waals surface area contributed by atoms with Crippen LogP contribution in [0.1, 0.15) is 16.1 Å². The van der Waals surface area contributed by atoms with E-state index in [0.29, 0.717) is 27.3 Å². The smallest absolute Gasteiger partial charge is 0.258 e. The lowest BCUT2D eigenvalue weighted by Crippen LogP contribution is -2.13. The lowest BCUT2D eigenvalue weighted by Gasteiger charge is -2.07. The molecule has 0 aliphatic heterocycles. The van der Waals surface area contributed by atoms with Crippen LogP contribution in [0.2, 0.25) is 0 Å². The third-order valence-electron chi connectivity index (χ3n) is 3.74. The zero-order valence-corrected chi connectivity index (χ0v) is 14.0. The van der Waals surface area contributed by atoms with Gasteiger partial charge in [-0.05, 0) is 37.3 Å². The summed E-state index contributed by atoms with van der Waals surface area (Å²) in [5.41, 5.74) is 3.20. The number of carbonyl (C=O) groups excluding carboxylic acids is 1. The largest absolute Gasteiger partial charge is 0.360 e. The highest BCUT2D eigenvalue weighted by Gasteiger charge is 2.15. The predicted molar refractivity (Wildman–Crippen MR) is 96.3 cm³/mol. The van der Waals surface area contributed by atoms with Gasteiger partial charge in [-0.1, -0.05) is 0 Å². The highest BCUT2D eigenvalue weighted by atomic mass is 32.1. The van der Waals surface area contributed by atoms with E-state index in [1.165, 1.54) is 23.5 Å². The maximum Gasteiger partial charge on any atom is 0.258 e. The van der Waals surface area contributed by atoms with Gasteiger partial charge in [-0.3, -0.25) is 15.1 Å². The van der Waals surface area contributed by atoms with E-state index in [1.54, 1.807) is 19.1 Å². The summed E-state index contributed by atoms with van der Waals surface area (Å²) >= 11 is 1.34. The molecule has 0 radical (unpaired) electrons. The van der Waals surface area contributed by atoms with Crippen LogP contribution in [0.25, 0.3) is 22.3 Å². The number of halogens is 1. The number of nitrogens with zero attached hydrogens (tertiary/aromatic N) is 2. The number of H-pyrrole nitrogens is 1. The number of amides is 1. The number of fused-ring (bicyclic) bond motifs is 1. The Kier molecular flexibility index (Phi) is 3.77. The topological polar surface area (TPSA) is 70.7 Å². The molecular weight excluding hydrogens is 339 g/mol. The molecule has 0 atom stereocenters. The van der Waals surface area contributed by atoms with Crippen molar-refractivity contribution in [3.05, 3.63) is 65.0 Å². The van der Waals surface area contributed by atoms with Gasteiger partial charge >= 0.3 is 0 Å². The van der Waals surface area contributed by atoms with Crippen molar-refractivity contribution in [2.75, 3.05) is 5.32 Å². The van der Waals surface area contributed by atoms with Crippen molar-refractivity contribution in [1.29, 1.82) is 0 Å². The normalized spacial score (nSPS) is 11.0. The first-order valence-corrected chi connectivity index (χ1v) is 8.46. The Morgan fingerprint density at radius 2 is 2.12 bits per heavy atom. The number of aryl methyl sites for hydroxylation is 1. The van der Waals surface area contributed by atoms with Gasteiger partial charge < -0.3 is 4.98 Å². The number of benzene rings is 1. The van der Waals surface area contributed by atoms with Gasteiger partial charge in [0.15, 0.2) is 5.13 Å². The molecule has 3 aromatic heterocycles. The van der Waals surface area contributed by atoms with E-state index in [4.69, 9.17) is 0 Å². The van der Waals surface area contributed by atoms with Gasteiger partial charge in [0.2, 0.25) is 0 Å². The molecule has 1 amide bonds. The Balaban J connectivity index is 1.66. The van der Waals surface area contributed by atoms with Crippen molar-refractivity contribution in [2.45, 2.75) is 6.92 Å². The monoisotopic (exact) mass is 352 g/mol. The number of hydrogen-bond donors (Lipinski definition) is 2. The number of carbonyl (C=O) groups is 1. The number of nitrogens with one attached hydrogen (secondary N) is 2. The average Bonchev–Trinajstić information content (AvgIpc) is 3.24. The van der Waals surface area contributed by atoms with Crippen molar-refractivity contribution in [3.8, 4) is 11.4 Å². The number of aromatic nitrogens is 3. The zero-order valence-electron chi connectivity index (χ0n) is 13.2. The predicted octanol–water partition coefficient (Wildman–Crippen LogP) is 4.39. The molecule has 0 unspecified atom stereocenters. The first kappa shape index (κ1) is 15.5. The Morgan fingerprint density at radius 1 is 1.24 bits per heavy atom. The van der Waals surface area contributed by atoms with Crippen molar-refractivity contribution in [3.63, 3.8) is 0 Å². The SMILES string of the molecule is Cc1cc(C(=O)Nc2nc(-c3ccc[nH]3)cs2)c2ccc(F)cc2n1. The number of thiazole rings is 1. The second kappa shape index (κ2) is 6.10. The van der Waals surface area contributed by atoms with Crippen molar-refractivity contribution < 1.29 is 9.18 Å². The molecule has 5 nitrogen and oxygen atoms in total. The third-order valence-corrected chi connectivity index (χ3v) is 4.50. The van der Waals surface area contributed by atoms with Crippen LogP contribution in [0, 0.1) is 12.7 Å². The minimum atomic E-state index is -0.382. The molecule has 124 valence electrons. The van der Waals surface area contributed by atoms with E-state index in [0.717, 1.165) is 11.4 Å². The molecule has 1 aromatic carbocycles. The van der Waals surface area contributed by atoms with Crippen molar-refractivity contribution in [1.82, 2.24) is 15.0 Å². The summed E-state index contributed by atoms with van der Waals surface area (Å²) in [7, 11) is 0. The lowest BCUT2D eigenvalue weighted by atomic mass is 10.1. The highest BCUT2D eigenvalue weighted by Crippen LogP contribution is 2.25. The summed E-state index contributed by atoms with van der Waals surface area (Å²) in [6, 6.07) is 9.70. The third kappa shape index (κ3) is 3.01. The van der Waals surface area contributed by atoms with Crippen LogP contribution in [0.5, 0.6) is 0 Å². The number of anilines is 1. The quantitative estimate of drug-likeness (QED) is 0.574. The first-order chi connectivity index (χ1) is 12.1. The Bertz CT molecular complexity index is 1070. The summed E-state index contributed by atoms with van der Waals surface area (Å²) in [5.74, 6) is -0.679. The van der Waals surface area contributed by atoms with Crippen LogP contribution in [0.3, 0.4) is 0 Å². The first-order valence-electron chi connectivity index (χ1n) is 7.58. The lowest BCUT2D eigenvalue weighted by molar-refractivity contribution is 0.102. The molecule has 0 aliphatic rings. The maximum absolute atomic E-state index is 13.4. The number of rotatable bonds is 3. The molecule has 0 fully saturated rings. The summed E-state index contributed by atoms with van der Waals surface area (Å²) in [6.07, 6.45) is 1.82. The highest BCUT2D eigenvalue weighted by molar-refractivity contribution is 7.14. The average molecular weight is 352 g/mol. The van der Waals surface area contributed by atoms with Gasteiger partial charge in [0.05, 0.1) is 22.5 Å². The van der Waals surface area contributed by atoms with Gasteiger partial charge in [-0.2, -0.15) is 0 Å². The molecular formula is C18H13FN4OS. The molecule has 0 aliphatic carbocycles. The van der Waals surface area contributed by atoms with Crippen LogP contribution < -0.4 is 5.32 Å². The minimum Gasteiger partial charge on any atom is -0.360 e. The van der Waals surface area contributed by atoms with E-state index in [2.05, 4.69) is 20.3 Å². The summed E-state index contributed by atoms with van der Waals surface area (Å²) in [6.45, 7) is 1.77. The van der Waals surface area contributed by atoms with Gasteiger partial charge in [-0.25, -0.2) is 9.37 Å². The number of pyridine rings is 1. The van der Waals surface area contributed by atoms with Crippen LogP contribution in [0.4, 0.5) is 9.52 Å². The Labute approximate surface area is 146 Å². The van der Waals surface area contributed by atoms with E-state index in [9.17, 15) is 9.18 Å². The summed E-state index contributed by atoms with van der Waals surface area (Å²) < 4.78 is 13.4.